The third-order valence-electron chi connectivity index (χ3n) is 2.69. The van der Waals surface area contributed by atoms with Gasteiger partial charge in [0, 0.05) is 6.26 Å². The van der Waals surface area contributed by atoms with Gasteiger partial charge in [0.2, 0.25) is 5.91 Å². The van der Waals surface area contributed by atoms with Crippen LogP contribution in [0.15, 0.2) is 23.1 Å². The van der Waals surface area contributed by atoms with E-state index in [9.17, 15) is 17.6 Å². The van der Waals surface area contributed by atoms with Crippen LogP contribution < -0.4 is 11.1 Å². The van der Waals surface area contributed by atoms with Crippen LogP contribution in [0.2, 0.25) is 0 Å². The molecule has 1 amide bonds. The van der Waals surface area contributed by atoms with Crippen molar-refractivity contribution in [3.8, 4) is 0 Å². The summed E-state index contributed by atoms with van der Waals surface area (Å²) in [5.74, 6) is -1.02. The molecule has 1 atom stereocenters. The minimum absolute atomic E-state index is 0.0633. The van der Waals surface area contributed by atoms with Crippen molar-refractivity contribution in [2.45, 2.75) is 31.2 Å². The van der Waals surface area contributed by atoms with Crippen molar-refractivity contribution < 1.29 is 17.6 Å². The normalized spacial score (nSPS) is 13.3. The second kappa shape index (κ2) is 6.32. The Morgan fingerprint density at radius 1 is 1.40 bits per heavy atom. The largest absolute Gasteiger partial charge is 0.322 e. The van der Waals surface area contributed by atoms with Gasteiger partial charge in [-0.25, -0.2) is 12.8 Å². The highest BCUT2D eigenvalue weighted by molar-refractivity contribution is 7.90. The number of rotatable bonds is 5. The number of carbonyl (C=O) groups is 1. The number of anilines is 1. The molecule has 3 N–H and O–H groups in total. The lowest BCUT2D eigenvalue weighted by molar-refractivity contribution is -0.117. The molecule has 0 aliphatic heterocycles. The van der Waals surface area contributed by atoms with Crippen LogP contribution in [0.4, 0.5) is 10.1 Å². The first kappa shape index (κ1) is 16.6. The first-order valence-corrected chi connectivity index (χ1v) is 8.06. The fourth-order valence-corrected chi connectivity index (χ4v) is 2.32. The second-order valence-corrected chi connectivity index (χ2v) is 7.15. The topological polar surface area (TPSA) is 89.3 Å². The molecule has 1 aromatic rings. The molecule has 0 unspecified atom stereocenters. The minimum Gasteiger partial charge on any atom is -0.322 e. The molecule has 0 bridgehead atoms. The van der Waals surface area contributed by atoms with Crippen LogP contribution in [0.5, 0.6) is 0 Å². The van der Waals surface area contributed by atoms with Crippen molar-refractivity contribution in [1.82, 2.24) is 0 Å². The lowest BCUT2D eigenvalue weighted by atomic mass is 10.0. The van der Waals surface area contributed by atoms with Gasteiger partial charge in [-0.15, -0.1) is 0 Å². The maximum absolute atomic E-state index is 13.6. The van der Waals surface area contributed by atoms with E-state index in [1.165, 1.54) is 0 Å². The molecule has 0 saturated carbocycles. The Morgan fingerprint density at radius 2 is 2.00 bits per heavy atom. The van der Waals surface area contributed by atoms with Crippen LogP contribution >= 0.6 is 0 Å². The molecule has 0 aliphatic rings. The Morgan fingerprint density at radius 3 is 2.50 bits per heavy atom. The molecule has 0 saturated heterocycles. The van der Waals surface area contributed by atoms with E-state index >= 15 is 0 Å². The molecule has 1 rings (SSSR count). The van der Waals surface area contributed by atoms with Gasteiger partial charge in [-0.3, -0.25) is 4.79 Å². The second-order valence-electron chi connectivity index (χ2n) is 5.14. The molecular weight excluding hydrogens is 283 g/mol. The molecule has 112 valence electrons. The predicted octanol–water partition coefficient (Wildman–Crippen LogP) is 1.54. The van der Waals surface area contributed by atoms with Crippen molar-refractivity contribution >= 4 is 21.4 Å². The molecule has 7 heteroatoms. The van der Waals surface area contributed by atoms with Gasteiger partial charge < -0.3 is 11.1 Å². The molecule has 0 fully saturated rings. The van der Waals surface area contributed by atoms with E-state index in [0.717, 1.165) is 24.5 Å². The Balaban J connectivity index is 2.95. The molecule has 0 aliphatic carbocycles. The molecule has 20 heavy (non-hydrogen) atoms. The average Bonchev–Trinajstić information content (AvgIpc) is 2.29. The van der Waals surface area contributed by atoms with E-state index in [1.807, 2.05) is 13.8 Å². The van der Waals surface area contributed by atoms with E-state index in [1.54, 1.807) is 0 Å². The minimum atomic E-state index is -3.47. The summed E-state index contributed by atoms with van der Waals surface area (Å²) in [5, 5.41) is 2.32. The van der Waals surface area contributed by atoms with E-state index in [4.69, 9.17) is 5.73 Å². The number of amides is 1. The lowest BCUT2D eigenvalue weighted by Crippen LogP contribution is -2.36. The summed E-state index contributed by atoms with van der Waals surface area (Å²) in [6, 6.07) is 2.47. The average molecular weight is 302 g/mol. The molecule has 5 nitrogen and oxygen atoms in total. The Bertz CT molecular complexity index is 600. The zero-order chi connectivity index (χ0) is 15.5. The van der Waals surface area contributed by atoms with Crippen molar-refractivity contribution in [2.24, 2.45) is 11.7 Å². The molecule has 0 aromatic heterocycles. The highest BCUT2D eigenvalue weighted by atomic mass is 32.2. The highest BCUT2D eigenvalue weighted by Gasteiger charge is 2.18. The molecular formula is C13H19FN2O3S. The maximum atomic E-state index is 13.6. The number of hydrogen-bond acceptors (Lipinski definition) is 4. The maximum Gasteiger partial charge on any atom is 0.241 e. The number of sulfone groups is 1. The number of benzene rings is 1. The Labute approximate surface area is 118 Å². The highest BCUT2D eigenvalue weighted by Crippen LogP contribution is 2.20. The van der Waals surface area contributed by atoms with Crippen molar-refractivity contribution in [1.29, 1.82) is 0 Å². The lowest BCUT2D eigenvalue weighted by Gasteiger charge is -2.15. The monoisotopic (exact) mass is 302 g/mol. The van der Waals surface area contributed by atoms with Gasteiger partial charge in [0.1, 0.15) is 5.82 Å². The van der Waals surface area contributed by atoms with Gasteiger partial charge in [-0.2, -0.15) is 0 Å². The molecule has 0 heterocycles. The van der Waals surface area contributed by atoms with E-state index < -0.39 is 27.6 Å². The molecule has 0 radical (unpaired) electrons. The van der Waals surface area contributed by atoms with Gasteiger partial charge in [0.05, 0.1) is 16.6 Å². The van der Waals surface area contributed by atoms with E-state index in [-0.39, 0.29) is 16.5 Å². The number of nitrogens with one attached hydrogen (secondary N) is 1. The Kier molecular flexibility index (Phi) is 5.24. The first-order valence-electron chi connectivity index (χ1n) is 6.17. The standard InChI is InChI=1S/C13H19FN2O3S/c1-8(2)6-11(15)13(17)16-12-7-9(20(3,18)19)4-5-10(12)14/h4-5,7-8,11H,6,15H2,1-3H3,(H,16,17)/t11-/m0/s1. The van der Waals surface area contributed by atoms with Crippen LogP contribution in [-0.4, -0.2) is 26.6 Å². The summed E-state index contributed by atoms with van der Waals surface area (Å²) in [5.41, 5.74) is 5.50. The third-order valence-corrected chi connectivity index (χ3v) is 3.80. The summed E-state index contributed by atoms with van der Waals surface area (Å²) in [7, 11) is -3.47. The van der Waals surface area contributed by atoms with Crippen LogP contribution in [0.25, 0.3) is 0 Å². The molecule has 0 spiro atoms. The van der Waals surface area contributed by atoms with Crippen LogP contribution in [0.3, 0.4) is 0 Å². The number of carbonyl (C=O) groups excluding carboxylic acids is 1. The van der Waals surface area contributed by atoms with Crippen LogP contribution in [0.1, 0.15) is 20.3 Å². The number of halogens is 1. The van der Waals surface area contributed by atoms with Crippen molar-refractivity contribution in [3.05, 3.63) is 24.0 Å². The van der Waals surface area contributed by atoms with Gasteiger partial charge >= 0.3 is 0 Å². The fourth-order valence-electron chi connectivity index (χ4n) is 1.67. The fraction of sp³-hybridized carbons (Fsp3) is 0.462. The zero-order valence-electron chi connectivity index (χ0n) is 11.7. The van der Waals surface area contributed by atoms with Crippen molar-refractivity contribution in [3.63, 3.8) is 0 Å². The first-order chi connectivity index (χ1) is 9.11. The Hall–Kier alpha value is -1.47. The summed E-state index contributed by atoms with van der Waals surface area (Å²) < 4.78 is 36.4. The zero-order valence-corrected chi connectivity index (χ0v) is 12.5. The van der Waals surface area contributed by atoms with E-state index in [0.29, 0.717) is 6.42 Å². The summed E-state index contributed by atoms with van der Waals surface area (Å²) in [6.45, 7) is 3.83. The van der Waals surface area contributed by atoms with Gasteiger partial charge in [0.25, 0.3) is 0 Å². The smallest absolute Gasteiger partial charge is 0.241 e. The predicted molar refractivity (Wildman–Crippen MR) is 75.6 cm³/mol. The van der Waals surface area contributed by atoms with Crippen molar-refractivity contribution in [2.75, 3.05) is 11.6 Å². The van der Waals surface area contributed by atoms with Gasteiger partial charge in [-0.1, -0.05) is 13.8 Å². The molecule has 1 aromatic carbocycles. The quantitative estimate of drug-likeness (QED) is 0.807. The number of nitrogens with two attached hydrogens (primary N) is 1. The summed E-state index contributed by atoms with van der Waals surface area (Å²) in [6.07, 6.45) is 1.47. The SMILES string of the molecule is CC(C)C[C@H](N)C(=O)Nc1cc(S(C)(=O)=O)ccc1F. The number of hydrogen-bond donors (Lipinski definition) is 2. The van der Waals surface area contributed by atoms with Crippen LogP contribution in [-0.2, 0) is 14.6 Å². The summed E-state index contributed by atoms with van der Waals surface area (Å²) in [4.78, 5) is 11.7. The third kappa shape index (κ3) is 4.57. The van der Waals surface area contributed by atoms with Gasteiger partial charge in [0.15, 0.2) is 9.84 Å². The van der Waals surface area contributed by atoms with Gasteiger partial charge in [-0.05, 0) is 30.5 Å². The summed E-state index contributed by atoms with van der Waals surface area (Å²) >= 11 is 0. The van der Waals surface area contributed by atoms with Crippen LogP contribution in [0, 0.1) is 11.7 Å². The van der Waals surface area contributed by atoms with E-state index in [2.05, 4.69) is 5.32 Å².